The molecule has 0 fully saturated rings. The second-order valence-corrected chi connectivity index (χ2v) is 3.36. The standard InChI is InChI=1S/C11H10F4O3/c1-17-9-6(10(18-2)11(13,14)15)3-4-8(12)7(9)5-16/h3-5,10H,1-2H3. The van der Waals surface area contributed by atoms with Gasteiger partial charge in [-0.2, -0.15) is 13.2 Å². The minimum absolute atomic E-state index is 0.0980. The lowest BCUT2D eigenvalue weighted by molar-refractivity contribution is -0.216. The first-order valence-corrected chi connectivity index (χ1v) is 4.77. The predicted molar refractivity (Wildman–Crippen MR) is 54.1 cm³/mol. The molecule has 0 saturated heterocycles. The Morgan fingerprint density at radius 1 is 1.28 bits per heavy atom. The van der Waals surface area contributed by atoms with E-state index >= 15 is 0 Å². The normalized spacial score (nSPS) is 13.2. The van der Waals surface area contributed by atoms with Crippen LogP contribution in [0.15, 0.2) is 12.1 Å². The molecule has 3 nitrogen and oxygen atoms in total. The zero-order valence-electron chi connectivity index (χ0n) is 9.55. The van der Waals surface area contributed by atoms with Crippen molar-refractivity contribution >= 4 is 6.29 Å². The number of carbonyl (C=O) groups is 1. The smallest absolute Gasteiger partial charge is 0.418 e. The molecule has 0 N–H and O–H groups in total. The lowest BCUT2D eigenvalue weighted by atomic mass is 10.0. The number of rotatable bonds is 4. The summed E-state index contributed by atoms with van der Waals surface area (Å²) >= 11 is 0. The summed E-state index contributed by atoms with van der Waals surface area (Å²) in [5.41, 5.74) is -1.02. The lowest BCUT2D eigenvalue weighted by Crippen LogP contribution is -2.23. The van der Waals surface area contributed by atoms with Crippen molar-refractivity contribution in [3.8, 4) is 5.75 Å². The summed E-state index contributed by atoms with van der Waals surface area (Å²) in [5, 5.41) is 0. The number of carbonyl (C=O) groups excluding carboxylic acids is 1. The summed E-state index contributed by atoms with van der Waals surface area (Å²) in [4.78, 5) is 10.7. The number of aldehydes is 1. The van der Waals surface area contributed by atoms with E-state index in [-0.39, 0.29) is 6.29 Å². The Labute approximate surface area is 100 Å². The summed E-state index contributed by atoms with van der Waals surface area (Å²) in [6.45, 7) is 0. The molecule has 0 spiro atoms. The second-order valence-electron chi connectivity index (χ2n) is 3.36. The van der Waals surface area contributed by atoms with Crippen molar-refractivity contribution in [2.45, 2.75) is 12.3 Å². The van der Waals surface area contributed by atoms with E-state index in [1.54, 1.807) is 0 Å². The molecular weight excluding hydrogens is 256 g/mol. The zero-order valence-corrected chi connectivity index (χ0v) is 9.55. The average molecular weight is 266 g/mol. The Balaban J connectivity index is 3.45. The zero-order chi connectivity index (χ0) is 13.9. The summed E-state index contributed by atoms with van der Waals surface area (Å²) in [5.74, 6) is -1.43. The van der Waals surface area contributed by atoms with E-state index in [0.717, 1.165) is 26.4 Å². The maximum atomic E-state index is 13.2. The van der Waals surface area contributed by atoms with Crippen molar-refractivity contribution in [2.24, 2.45) is 0 Å². The van der Waals surface area contributed by atoms with Gasteiger partial charge >= 0.3 is 6.18 Å². The molecule has 0 aliphatic carbocycles. The van der Waals surface area contributed by atoms with Crippen molar-refractivity contribution in [1.29, 1.82) is 0 Å². The van der Waals surface area contributed by atoms with Gasteiger partial charge in [-0.1, -0.05) is 0 Å². The molecular formula is C11H10F4O3. The third kappa shape index (κ3) is 2.61. The predicted octanol–water partition coefficient (Wildman–Crippen LogP) is 2.90. The van der Waals surface area contributed by atoms with Crippen LogP contribution < -0.4 is 4.74 Å². The van der Waals surface area contributed by atoms with E-state index in [0.29, 0.717) is 0 Å². The van der Waals surface area contributed by atoms with E-state index in [1.165, 1.54) is 0 Å². The Morgan fingerprint density at radius 2 is 1.89 bits per heavy atom. The van der Waals surface area contributed by atoms with Gasteiger partial charge in [0.05, 0.1) is 12.7 Å². The molecule has 0 aliphatic heterocycles. The minimum Gasteiger partial charge on any atom is -0.495 e. The highest BCUT2D eigenvalue weighted by molar-refractivity contribution is 5.80. The van der Waals surface area contributed by atoms with Gasteiger partial charge in [0.25, 0.3) is 0 Å². The van der Waals surface area contributed by atoms with Gasteiger partial charge in [-0.05, 0) is 12.1 Å². The fraction of sp³-hybridized carbons (Fsp3) is 0.364. The van der Waals surface area contributed by atoms with Crippen molar-refractivity contribution in [3.05, 3.63) is 29.1 Å². The summed E-state index contributed by atoms with van der Waals surface area (Å²) in [7, 11) is 1.91. The lowest BCUT2D eigenvalue weighted by Gasteiger charge is -2.21. The number of hydrogen-bond donors (Lipinski definition) is 0. The van der Waals surface area contributed by atoms with Crippen LogP contribution in [0.2, 0.25) is 0 Å². The van der Waals surface area contributed by atoms with Gasteiger partial charge in [0, 0.05) is 12.7 Å². The molecule has 0 bridgehead atoms. The van der Waals surface area contributed by atoms with Crippen LogP contribution in [-0.4, -0.2) is 26.7 Å². The number of ether oxygens (including phenoxy) is 2. The van der Waals surface area contributed by atoms with E-state index in [9.17, 15) is 22.4 Å². The largest absolute Gasteiger partial charge is 0.495 e. The molecule has 100 valence electrons. The topological polar surface area (TPSA) is 35.5 Å². The Kier molecular flexibility index (Phi) is 4.28. The molecule has 0 aliphatic rings. The maximum absolute atomic E-state index is 13.2. The molecule has 0 heterocycles. The maximum Gasteiger partial charge on any atom is 0.418 e. The fourth-order valence-corrected chi connectivity index (χ4v) is 1.57. The molecule has 1 aromatic rings. The quantitative estimate of drug-likeness (QED) is 0.621. The third-order valence-electron chi connectivity index (χ3n) is 2.31. The van der Waals surface area contributed by atoms with Gasteiger partial charge in [0.1, 0.15) is 11.6 Å². The monoisotopic (exact) mass is 266 g/mol. The minimum atomic E-state index is -4.69. The molecule has 7 heteroatoms. The van der Waals surface area contributed by atoms with Crippen LogP contribution >= 0.6 is 0 Å². The highest BCUT2D eigenvalue weighted by Gasteiger charge is 2.43. The van der Waals surface area contributed by atoms with Gasteiger partial charge in [0.2, 0.25) is 0 Å². The van der Waals surface area contributed by atoms with Crippen LogP contribution in [0.1, 0.15) is 22.0 Å². The van der Waals surface area contributed by atoms with E-state index < -0.39 is 35.0 Å². The Hall–Kier alpha value is -1.63. The SMILES string of the molecule is COc1c(C(OC)C(F)(F)F)ccc(F)c1C=O. The average Bonchev–Trinajstić information content (AvgIpc) is 2.29. The number of methoxy groups -OCH3 is 2. The molecule has 1 unspecified atom stereocenters. The van der Waals surface area contributed by atoms with Crippen LogP contribution in [0.5, 0.6) is 5.75 Å². The van der Waals surface area contributed by atoms with Crippen molar-refractivity contribution in [2.75, 3.05) is 14.2 Å². The molecule has 0 radical (unpaired) electrons. The summed E-state index contributed by atoms with van der Waals surface area (Å²) < 4.78 is 60.4. The fourth-order valence-electron chi connectivity index (χ4n) is 1.57. The Morgan fingerprint density at radius 3 is 2.28 bits per heavy atom. The Bertz CT molecular complexity index is 443. The van der Waals surface area contributed by atoms with Gasteiger partial charge < -0.3 is 9.47 Å². The molecule has 0 aromatic heterocycles. The molecule has 0 saturated carbocycles. The van der Waals surface area contributed by atoms with Crippen LogP contribution in [0.25, 0.3) is 0 Å². The number of benzene rings is 1. The molecule has 1 atom stereocenters. The molecule has 1 aromatic carbocycles. The molecule has 18 heavy (non-hydrogen) atoms. The van der Waals surface area contributed by atoms with Gasteiger partial charge in [-0.25, -0.2) is 4.39 Å². The summed E-state index contributed by atoms with van der Waals surface area (Å²) in [6, 6.07) is 1.64. The van der Waals surface area contributed by atoms with Crippen LogP contribution in [0, 0.1) is 5.82 Å². The van der Waals surface area contributed by atoms with E-state index in [4.69, 9.17) is 0 Å². The molecule has 1 rings (SSSR count). The second kappa shape index (κ2) is 5.34. The van der Waals surface area contributed by atoms with Crippen molar-refractivity contribution in [1.82, 2.24) is 0 Å². The number of hydrogen-bond acceptors (Lipinski definition) is 3. The number of halogens is 4. The van der Waals surface area contributed by atoms with Gasteiger partial charge in [-0.15, -0.1) is 0 Å². The molecule has 0 amide bonds. The first kappa shape index (κ1) is 14.4. The van der Waals surface area contributed by atoms with E-state index in [1.807, 2.05) is 0 Å². The first-order valence-electron chi connectivity index (χ1n) is 4.77. The van der Waals surface area contributed by atoms with Crippen molar-refractivity contribution in [3.63, 3.8) is 0 Å². The number of alkyl halides is 3. The highest BCUT2D eigenvalue weighted by Crippen LogP contribution is 2.40. The van der Waals surface area contributed by atoms with E-state index in [2.05, 4.69) is 9.47 Å². The summed E-state index contributed by atoms with van der Waals surface area (Å²) in [6.07, 6.45) is -6.88. The van der Waals surface area contributed by atoms with Crippen LogP contribution in [0.4, 0.5) is 17.6 Å². The van der Waals surface area contributed by atoms with Crippen LogP contribution in [-0.2, 0) is 4.74 Å². The van der Waals surface area contributed by atoms with Crippen molar-refractivity contribution < 1.29 is 31.8 Å². The third-order valence-corrected chi connectivity index (χ3v) is 2.31. The highest BCUT2D eigenvalue weighted by atomic mass is 19.4. The van der Waals surface area contributed by atoms with Gasteiger partial charge in [0.15, 0.2) is 12.4 Å². The first-order chi connectivity index (χ1) is 8.36. The van der Waals surface area contributed by atoms with Gasteiger partial charge in [-0.3, -0.25) is 4.79 Å². The van der Waals surface area contributed by atoms with Crippen LogP contribution in [0.3, 0.4) is 0 Å².